The van der Waals surface area contributed by atoms with Crippen molar-refractivity contribution in [3.63, 3.8) is 0 Å². The van der Waals surface area contributed by atoms with Gasteiger partial charge in [0.25, 0.3) is 5.91 Å². The average Bonchev–Trinajstić information content (AvgIpc) is 3.34. The molecule has 29 heavy (non-hydrogen) atoms. The van der Waals surface area contributed by atoms with Gasteiger partial charge >= 0.3 is 0 Å². The summed E-state index contributed by atoms with van der Waals surface area (Å²) in [6.07, 6.45) is 2.69. The third kappa shape index (κ3) is 3.89. The second-order valence-corrected chi connectivity index (χ2v) is 6.82. The number of nitrogens with zero attached hydrogens (tertiary/aromatic N) is 2. The number of nitrogens with one attached hydrogen (secondary N) is 1. The summed E-state index contributed by atoms with van der Waals surface area (Å²) in [6.45, 7) is 4.43. The standard InChI is InChI=1S/C22H23N3O4/c1-4-28-21-12-15-11-14(2)29-20(15)13-19(21)23-22(26)18-9-10-25(24-18)16-5-7-17(27-3)8-6-16/h5-10,12-14H,4,11H2,1-3H3,(H,23,26). The van der Waals surface area contributed by atoms with Gasteiger partial charge in [-0.2, -0.15) is 5.10 Å². The van der Waals surface area contributed by atoms with Gasteiger partial charge in [0, 0.05) is 24.2 Å². The molecule has 1 aromatic heterocycles. The van der Waals surface area contributed by atoms with Gasteiger partial charge in [0.15, 0.2) is 5.69 Å². The highest BCUT2D eigenvalue weighted by atomic mass is 16.5. The van der Waals surface area contributed by atoms with E-state index in [2.05, 4.69) is 10.4 Å². The summed E-state index contributed by atoms with van der Waals surface area (Å²) in [5.41, 5.74) is 2.80. The Bertz CT molecular complexity index is 1030. The number of carbonyl (C=O) groups excluding carboxylic acids is 1. The Kier molecular flexibility index (Phi) is 5.12. The fraction of sp³-hybridized carbons (Fsp3) is 0.273. The van der Waals surface area contributed by atoms with Crippen molar-refractivity contribution in [1.29, 1.82) is 0 Å². The van der Waals surface area contributed by atoms with Gasteiger partial charge < -0.3 is 19.5 Å². The maximum Gasteiger partial charge on any atom is 0.276 e. The molecule has 7 nitrogen and oxygen atoms in total. The second kappa shape index (κ2) is 7.87. The Morgan fingerprint density at radius 1 is 1.28 bits per heavy atom. The van der Waals surface area contributed by atoms with Crippen molar-refractivity contribution >= 4 is 11.6 Å². The molecule has 150 valence electrons. The van der Waals surface area contributed by atoms with Gasteiger partial charge in [-0.25, -0.2) is 4.68 Å². The Balaban J connectivity index is 1.55. The highest BCUT2D eigenvalue weighted by molar-refractivity contribution is 6.03. The van der Waals surface area contributed by atoms with Crippen molar-refractivity contribution in [3.05, 3.63) is 59.9 Å². The van der Waals surface area contributed by atoms with E-state index < -0.39 is 0 Å². The zero-order chi connectivity index (χ0) is 20.4. The Labute approximate surface area is 169 Å². The summed E-state index contributed by atoms with van der Waals surface area (Å²) in [4.78, 5) is 12.8. The van der Waals surface area contributed by atoms with Gasteiger partial charge in [-0.1, -0.05) is 0 Å². The van der Waals surface area contributed by atoms with E-state index in [4.69, 9.17) is 14.2 Å². The van der Waals surface area contributed by atoms with Crippen molar-refractivity contribution in [2.45, 2.75) is 26.4 Å². The minimum absolute atomic E-state index is 0.116. The Morgan fingerprint density at radius 2 is 2.07 bits per heavy atom. The van der Waals surface area contributed by atoms with Crippen LogP contribution in [0, 0.1) is 0 Å². The summed E-state index contributed by atoms with van der Waals surface area (Å²) < 4.78 is 18.3. The van der Waals surface area contributed by atoms with E-state index in [0.717, 1.165) is 29.2 Å². The maximum absolute atomic E-state index is 12.8. The number of methoxy groups -OCH3 is 1. The number of amides is 1. The van der Waals surface area contributed by atoms with Gasteiger partial charge in [-0.05, 0) is 50.2 Å². The second-order valence-electron chi connectivity index (χ2n) is 6.82. The molecule has 1 atom stereocenters. The molecule has 0 spiro atoms. The van der Waals surface area contributed by atoms with Gasteiger partial charge in [-0.3, -0.25) is 4.79 Å². The van der Waals surface area contributed by atoms with Gasteiger partial charge in [0.1, 0.15) is 23.4 Å². The third-order valence-electron chi connectivity index (χ3n) is 4.70. The Morgan fingerprint density at radius 3 is 2.79 bits per heavy atom. The van der Waals surface area contributed by atoms with Gasteiger partial charge in [-0.15, -0.1) is 0 Å². The summed E-state index contributed by atoms with van der Waals surface area (Å²) in [5.74, 6) is 1.85. The molecule has 0 saturated carbocycles. The van der Waals surface area contributed by atoms with E-state index in [0.29, 0.717) is 23.7 Å². The van der Waals surface area contributed by atoms with Crippen LogP contribution in [0.25, 0.3) is 5.69 Å². The average molecular weight is 393 g/mol. The molecule has 4 rings (SSSR count). The van der Waals surface area contributed by atoms with Crippen LogP contribution in [0.2, 0.25) is 0 Å². The first-order valence-electron chi connectivity index (χ1n) is 9.55. The van der Waals surface area contributed by atoms with Gasteiger partial charge in [0.2, 0.25) is 0 Å². The first-order chi connectivity index (χ1) is 14.1. The molecule has 1 amide bonds. The van der Waals surface area contributed by atoms with Crippen LogP contribution >= 0.6 is 0 Å². The molecule has 0 saturated heterocycles. The summed E-state index contributed by atoms with van der Waals surface area (Å²) in [7, 11) is 1.62. The quantitative estimate of drug-likeness (QED) is 0.688. The highest BCUT2D eigenvalue weighted by Gasteiger charge is 2.23. The number of aromatic nitrogens is 2. The van der Waals surface area contributed by atoms with E-state index in [-0.39, 0.29) is 12.0 Å². The topological polar surface area (TPSA) is 74.6 Å². The molecule has 1 unspecified atom stereocenters. The van der Waals surface area contributed by atoms with E-state index in [9.17, 15) is 4.79 Å². The van der Waals surface area contributed by atoms with Crippen LogP contribution in [-0.2, 0) is 6.42 Å². The first-order valence-corrected chi connectivity index (χ1v) is 9.55. The molecular weight excluding hydrogens is 370 g/mol. The van der Waals surface area contributed by atoms with Crippen molar-refractivity contribution in [2.75, 3.05) is 19.0 Å². The monoisotopic (exact) mass is 393 g/mol. The summed E-state index contributed by atoms with van der Waals surface area (Å²) in [6, 6.07) is 12.9. The van der Waals surface area contributed by atoms with Crippen LogP contribution in [0.15, 0.2) is 48.7 Å². The van der Waals surface area contributed by atoms with E-state index in [1.807, 2.05) is 50.2 Å². The number of anilines is 1. The van der Waals surface area contributed by atoms with Crippen molar-refractivity contribution in [2.24, 2.45) is 0 Å². The normalized spacial score (nSPS) is 14.8. The zero-order valence-corrected chi connectivity index (χ0v) is 16.6. The zero-order valence-electron chi connectivity index (χ0n) is 16.6. The molecule has 1 aliphatic heterocycles. The molecule has 2 heterocycles. The fourth-order valence-corrected chi connectivity index (χ4v) is 3.32. The molecule has 1 aliphatic rings. The number of fused-ring (bicyclic) bond motifs is 1. The number of carbonyl (C=O) groups is 1. The molecule has 1 N–H and O–H groups in total. The van der Waals surface area contributed by atoms with Crippen LogP contribution in [0.4, 0.5) is 5.69 Å². The van der Waals surface area contributed by atoms with Crippen LogP contribution in [0.3, 0.4) is 0 Å². The third-order valence-corrected chi connectivity index (χ3v) is 4.70. The largest absolute Gasteiger partial charge is 0.497 e. The number of ether oxygens (including phenoxy) is 3. The smallest absolute Gasteiger partial charge is 0.276 e. The van der Waals surface area contributed by atoms with E-state index in [1.165, 1.54) is 0 Å². The molecular formula is C22H23N3O4. The number of hydrogen-bond acceptors (Lipinski definition) is 5. The number of hydrogen-bond donors (Lipinski definition) is 1. The first kappa shape index (κ1) is 18.9. The molecule has 0 aliphatic carbocycles. The van der Waals surface area contributed by atoms with Crippen molar-refractivity contribution in [3.8, 4) is 22.9 Å². The lowest BCUT2D eigenvalue weighted by atomic mass is 10.1. The number of benzene rings is 2. The molecule has 0 bridgehead atoms. The predicted molar refractivity (Wildman–Crippen MR) is 109 cm³/mol. The lowest BCUT2D eigenvalue weighted by Gasteiger charge is -2.13. The summed E-state index contributed by atoms with van der Waals surface area (Å²) >= 11 is 0. The van der Waals surface area contributed by atoms with Crippen LogP contribution in [0.5, 0.6) is 17.2 Å². The maximum atomic E-state index is 12.8. The minimum Gasteiger partial charge on any atom is -0.497 e. The highest BCUT2D eigenvalue weighted by Crippen LogP contribution is 2.38. The molecule has 2 aromatic carbocycles. The summed E-state index contributed by atoms with van der Waals surface area (Å²) in [5, 5.41) is 7.28. The van der Waals surface area contributed by atoms with Crippen LogP contribution in [0.1, 0.15) is 29.9 Å². The van der Waals surface area contributed by atoms with E-state index >= 15 is 0 Å². The van der Waals surface area contributed by atoms with Crippen LogP contribution in [-0.4, -0.2) is 35.5 Å². The number of rotatable bonds is 6. The predicted octanol–water partition coefficient (Wildman–Crippen LogP) is 3.86. The fourth-order valence-electron chi connectivity index (χ4n) is 3.32. The molecule has 3 aromatic rings. The van der Waals surface area contributed by atoms with Crippen molar-refractivity contribution in [1.82, 2.24) is 9.78 Å². The minimum atomic E-state index is -0.316. The van der Waals surface area contributed by atoms with E-state index in [1.54, 1.807) is 24.1 Å². The van der Waals surface area contributed by atoms with Crippen molar-refractivity contribution < 1.29 is 19.0 Å². The SMILES string of the molecule is CCOc1cc2c(cc1NC(=O)c1ccn(-c3ccc(OC)cc3)n1)OC(C)C2. The molecule has 0 radical (unpaired) electrons. The molecule has 0 fully saturated rings. The molecule has 7 heteroatoms. The van der Waals surface area contributed by atoms with Gasteiger partial charge in [0.05, 0.1) is 25.1 Å². The Hall–Kier alpha value is -3.48. The van der Waals surface area contributed by atoms with Crippen LogP contribution < -0.4 is 19.5 Å². The lowest BCUT2D eigenvalue weighted by Crippen LogP contribution is -2.14. The lowest BCUT2D eigenvalue weighted by molar-refractivity contribution is 0.102.